The second-order valence-electron chi connectivity index (χ2n) is 4.26. The van der Waals surface area contributed by atoms with Crippen molar-refractivity contribution in [1.29, 1.82) is 0 Å². The maximum atomic E-state index is 5.71. The Kier molecular flexibility index (Phi) is 4.93. The van der Waals surface area contributed by atoms with Crippen LogP contribution in [0.1, 0.15) is 11.1 Å². The summed E-state index contributed by atoms with van der Waals surface area (Å²) in [6.45, 7) is 2.74. The number of benzene rings is 1. The van der Waals surface area contributed by atoms with Crippen LogP contribution in [0.2, 0.25) is 0 Å². The van der Waals surface area contributed by atoms with Crippen molar-refractivity contribution in [3.8, 4) is 11.6 Å². The molecule has 0 radical (unpaired) electrons. The van der Waals surface area contributed by atoms with E-state index in [-0.39, 0.29) is 0 Å². The van der Waals surface area contributed by atoms with Gasteiger partial charge in [-0.15, -0.1) is 0 Å². The Balaban J connectivity index is 2.04. The van der Waals surface area contributed by atoms with Gasteiger partial charge in [-0.3, -0.25) is 0 Å². The van der Waals surface area contributed by atoms with Crippen molar-refractivity contribution in [2.45, 2.75) is 13.3 Å². The number of pyridine rings is 1. The molecule has 0 aliphatic rings. The molecule has 1 heterocycles. The van der Waals surface area contributed by atoms with Gasteiger partial charge in [0.05, 0.1) is 6.61 Å². The van der Waals surface area contributed by atoms with Crippen LogP contribution >= 0.6 is 15.9 Å². The van der Waals surface area contributed by atoms with E-state index in [1.54, 1.807) is 13.3 Å². The molecule has 0 aliphatic heterocycles. The highest BCUT2D eigenvalue weighted by molar-refractivity contribution is 9.10. The fraction of sp³-hybridized carbons (Fsp3) is 0.267. The van der Waals surface area contributed by atoms with Gasteiger partial charge in [0.25, 0.3) is 0 Å². The van der Waals surface area contributed by atoms with E-state index >= 15 is 0 Å². The summed E-state index contributed by atoms with van der Waals surface area (Å²) >= 11 is 3.42. The van der Waals surface area contributed by atoms with E-state index in [0.717, 1.165) is 28.8 Å². The number of hydrogen-bond donors (Lipinski definition) is 0. The summed E-state index contributed by atoms with van der Waals surface area (Å²) in [5, 5.41) is 0. The molecule has 100 valence electrons. The van der Waals surface area contributed by atoms with E-state index in [2.05, 4.69) is 20.9 Å². The summed E-state index contributed by atoms with van der Waals surface area (Å²) in [6, 6.07) is 9.89. The van der Waals surface area contributed by atoms with Gasteiger partial charge in [-0.2, -0.15) is 0 Å². The molecule has 0 amide bonds. The largest absolute Gasteiger partial charge is 0.439 e. The molecule has 0 saturated carbocycles. The summed E-state index contributed by atoms with van der Waals surface area (Å²) in [4.78, 5) is 4.22. The minimum absolute atomic E-state index is 0.602. The summed E-state index contributed by atoms with van der Waals surface area (Å²) < 4.78 is 11.7. The van der Waals surface area contributed by atoms with Crippen LogP contribution < -0.4 is 4.74 Å². The van der Waals surface area contributed by atoms with Gasteiger partial charge in [-0.25, -0.2) is 4.98 Å². The van der Waals surface area contributed by atoms with E-state index in [4.69, 9.17) is 9.47 Å². The first-order valence-corrected chi connectivity index (χ1v) is 6.86. The van der Waals surface area contributed by atoms with E-state index < -0.39 is 0 Å². The highest BCUT2D eigenvalue weighted by Crippen LogP contribution is 2.23. The topological polar surface area (TPSA) is 31.4 Å². The quantitative estimate of drug-likeness (QED) is 0.829. The fourth-order valence-corrected chi connectivity index (χ4v) is 1.85. The van der Waals surface area contributed by atoms with Crippen molar-refractivity contribution >= 4 is 15.9 Å². The molecule has 0 spiro atoms. The third kappa shape index (κ3) is 4.04. The number of nitrogens with zero attached hydrogens (tertiary/aromatic N) is 1. The number of aryl methyl sites for hydroxylation is 1. The van der Waals surface area contributed by atoms with Gasteiger partial charge in [0, 0.05) is 23.8 Å². The van der Waals surface area contributed by atoms with Gasteiger partial charge in [0.1, 0.15) is 5.75 Å². The van der Waals surface area contributed by atoms with Gasteiger partial charge >= 0.3 is 0 Å². The van der Waals surface area contributed by atoms with Gasteiger partial charge in [0.2, 0.25) is 5.88 Å². The van der Waals surface area contributed by atoms with Crippen molar-refractivity contribution in [3.63, 3.8) is 0 Å². The number of ether oxygens (including phenoxy) is 2. The molecule has 1 aromatic heterocycles. The standard InChI is InChI=1S/C15H16BrNO2/c1-11-9-15(17-10-14(11)16)19-13-5-3-12(4-6-13)7-8-18-2/h3-6,9-10H,7-8H2,1-2H3. The predicted molar refractivity (Wildman–Crippen MR) is 78.8 cm³/mol. The van der Waals surface area contributed by atoms with Gasteiger partial charge in [0.15, 0.2) is 0 Å². The lowest BCUT2D eigenvalue weighted by Gasteiger charge is -2.07. The van der Waals surface area contributed by atoms with E-state index in [0.29, 0.717) is 5.88 Å². The number of rotatable bonds is 5. The molecule has 3 nitrogen and oxygen atoms in total. The fourth-order valence-electron chi connectivity index (χ4n) is 1.63. The van der Waals surface area contributed by atoms with Crippen LogP contribution in [0, 0.1) is 6.92 Å². The number of aromatic nitrogens is 1. The van der Waals surface area contributed by atoms with Crippen molar-refractivity contribution in [2.24, 2.45) is 0 Å². The summed E-state index contributed by atoms with van der Waals surface area (Å²) in [7, 11) is 1.71. The Morgan fingerprint density at radius 2 is 1.95 bits per heavy atom. The number of methoxy groups -OCH3 is 1. The molecule has 2 aromatic rings. The lowest BCUT2D eigenvalue weighted by Crippen LogP contribution is -1.94. The molecule has 2 rings (SSSR count). The third-order valence-electron chi connectivity index (χ3n) is 2.76. The average Bonchev–Trinajstić information content (AvgIpc) is 2.42. The van der Waals surface area contributed by atoms with Crippen LogP contribution in [0.5, 0.6) is 11.6 Å². The molecule has 0 saturated heterocycles. The second kappa shape index (κ2) is 6.68. The molecule has 19 heavy (non-hydrogen) atoms. The minimum Gasteiger partial charge on any atom is -0.439 e. The van der Waals surface area contributed by atoms with E-state index in [9.17, 15) is 0 Å². The maximum Gasteiger partial charge on any atom is 0.219 e. The third-order valence-corrected chi connectivity index (χ3v) is 3.59. The first kappa shape index (κ1) is 14.0. The number of halogens is 1. The summed E-state index contributed by atoms with van der Waals surface area (Å²) in [5.74, 6) is 1.39. The Morgan fingerprint density at radius 1 is 1.21 bits per heavy atom. The molecule has 0 unspecified atom stereocenters. The summed E-state index contributed by atoms with van der Waals surface area (Å²) in [6.07, 6.45) is 2.66. The minimum atomic E-state index is 0.602. The van der Waals surface area contributed by atoms with Crippen LogP contribution in [0.25, 0.3) is 0 Å². The Hall–Kier alpha value is -1.39. The van der Waals surface area contributed by atoms with Crippen LogP contribution in [0.15, 0.2) is 41.0 Å². The lowest BCUT2D eigenvalue weighted by molar-refractivity contribution is 0.202. The SMILES string of the molecule is COCCc1ccc(Oc2cc(C)c(Br)cn2)cc1. The van der Waals surface area contributed by atoms with Crippen molar-refractivity contribution < 1.29 is 9.47 Å². The highest BCUT2D eigenvalue weighted by Gasteiger charge is 2.02. The smallest absolute Gasteiger partial charge is 0.219 e. The van der Waals surface area contributed by atoms with Crippen LogP contribution in [-0.4, -0.2) is 18.7 Å². The van der Waals surface area contributed by atoms with Crippen molar-refractivity contribution in [3.05, 3.63) is 52.1 Å². The zero-order valence-corrected chi connectivity index (χ0v) is 12.6. The molecule has 0 fully saturated rings. The van der Waals surface area contributed by atoms with Gasteiger partial charge < -0.3 is 9.47 Å². The molecule has 0 bridgehead atoms. The van der Waals surface area contributed by atoms with Gasteiger partial charge in [-0.05, 0) is 52.5 Å². The number of hydrogen-bond acceptors (Lipinski definition) is 3. The normalized spacial score (nSPS) is 10.5. The Morgan fingerprint density at radius 3 is 2.58 bits per heavy atom. The zero-order chi connectivity index (χ0) is 13.7. The average molecular weight is 322 g/mol. The molecular formula is C15H16BrNO2. The maximum absolute atomic E-state index is 5.71. The summed E-state index contributed by atoms with van der Waals surface area (Å²) in [5.41, 5.74) is 2.33. The molecule has 0 aliphatic carbocycles. The predicted octanol–water partition coefficient (Wildman–Crippen LogP) is 4.13. The Labute approximate surface area is 121 Å². The zero-order valence-electron chi connectivity index (χ0n) is 11.0. The molecular weight excluding hydrogens is 306 g/mol. The highest BCUT2D eigenvalue weighted by atomic mass is 79.9. The van der Waals surface area contributed by atoms with Crippen molar-refractivity contribution in [1.82, 2.24) is 4.98 Å². The first-order valence-electron chi connectivity index (χ1n) is 6.07. The van der Waals surface area contributed by atoms with Crippen LogP contribution in [-0.2, 0) is 11.2 Å². The molecule has 0 N–H and O–H groups in total. The van der Waals surface area contributed by atoms with Gasteiger partial charge in [-0.1, -0.05) is 12.1 Å². The molecule has 0 atom stereocenters. The lowest BCUT2D eigenvalue weighted by atomic mass is 10.1. The van der Waals surface area contributed by atoms with E-state index in [1.807, 2.05) is 37.3 Å². The van der Waals surface area contributed by atoms with Crippen LogP contribution in [0.3, 0.4) is 0 Å². The van der Waals surface area contributed by atoms with Crippen molar-refractivity contribution in [2.75, 3.05) is 13.7 Å². The molecule has 1 aromatic carbocycles. The Bertz CT molecular complexity index is 540. The van der Waals surface area contributed by atoms with E-state index in [1.165, 1.54) is 5.56 Å². The monoisotopic (exact) mass is 321 g/mol. The molecule has 4 heteroatoms. The second-order valence-corrected chi connectivity index (χ2v) is 5.11. The first-order chi connectivity index (χ1) is 9.19. The van der Waals surface area contributed by atoms with Crippen LogP contribution in [0.4, 0.5) is 0 Å².